The van der Waals surface area contributed by atoms with Crippen LogP contribution in [0.5, 0.6) is 0 Å². The minimum absolute atomic E-state index is 0.756. The summed E-state index contributed by atoms with van der Waals surface area (Å²) in [5.74, 6) is 0. The van der Waals surface area contributed by atoms with Crippen molar-refractivity contribution in [2.45, 2.75) is 20.3 Å². The Morgan fingerprint density at radius 2 is 2.27 bits per heavy atom. The number of aryl methyl sites for hydroxylation is 2. The van der Waals surface area contributed by atoms with Gasteiger partial charge >= 0.3 is 0 Å². The van der Waals surface area contributed by atoms with Gasteiger partial charge in [-0.2, -0.15) is 4.73 Å². The van der Waals surface area contributed by atoms with Crippen LogP contribution in [0.2, 0.25) is 0 Å². The van der Waals surface area contributed by atoms with Crippen molar-refractivity contribution in [1.82, 2.24) is 0 Å². The van der Waals surface area contributed by atoms with Crippen LogP contribution in [-0.4, -0.2) is 0 Å². The van der Waals surface area contributed by atoms with Gasteiger partial charge in [0.1, 0.15) is 0 Å². The van der Waals surface area contributed by atoms with Gasteiger partial charge in [-0.25, -0.2) is 0 Å². The first-order chi connectivity index (χ1) is 5.15. The van der Waals surface area contributed by atoms with Crippen molar-refractivity contribution in [3.63, 3.8) is 0 Å². The number of pyridine rings is 1. The summed E-state index contributed by atoms with van der Waals surface area (Å²) < 4.78 is 2.09. The molecule has 0 saturated carbocycles. The molecule has 3 heteroatoms. The second-order valence-electron chi connectivity index (χ2n) is 2.47. The first-order valence-corrected chi connectivity index (χ1v) is 4.61. The topological polar surface area (TPSA) is 26.9 Å². The molecule has 0 bridgehead atoms. The number of halogens is 1. The molecule has 0 spiro atoms. The van der Waals surface area contributed by atoms with E-state index in [0.29, 0.717) is 0 Å². The van der Waals surface area contributed by atoms with Crippen LogP contribution in [0.1, 0.15) is 18.2 Å². The molecule has 0 aliphatic rings. The number of hydrogen-bond donors (Lipinski definition) is 0. The zero-order valence-electron chi connectivity index (χ0n) is 6.60. The summed E-state index contributed by atoms with van der Waals surface area (Å²) in [5.41, 5.74) is 1.87. The fourth-order valence-electron chi connectivity index (χ4n) is 0.905. The van der Waals surface area contributed by atoms with Gasteiger partial charge in [-0.15, -0.1) is 0 Å². The zero-order chi connectivity index (χ0) is 8.43. The van der Waals surface area contributed by atoms with Gasteiger partial charge in [0.2, 0.25) is 0 Å². The lowest BCUT2D eigenvalue weighted by Crippen LogP contribution is -2.30. The molecule has 11 heavy (non-hydrogen) atoms. The zero-order valence-corrected chi connectivity index (χ0v) is 8.75. The maximum Gasteiger partial charge on any atom is 0.190 e. The molecule has 0 saturated heterocycles. The Labute approximate surface area is 80.0 Å². The molecule has 1 aromatic rings. The summed E-state index contributed by atoms with van der Waals surface area (Å²) in [6.45, 7) is 3.86. The van der Waals surface area contributed by atoms with Crippen LogP contribution < -0.4 is 4.73 Å². The van der Waals surface area contributed by atoms with Crippen molar-refractivity contribution < 1.29 is 4.73 Å². The molecule has 0 radical (unpaired) electrons. The van der Waals surface area contributed by atoms with Gasteiger partial charge in [0.15, 0.2) is 11.9 Å². The molecule has 0 N–H and O–H groups in total. The molecular weight excluding hydrogens is 253 g/mol. The molecular formula is C8H10INO. The first-order valence-electron chi connectivity index (χ1n) is 3.53. The van der Waals surface area contributed by atoms with Gasteiger partial charge in [0, 0.05) is 22.1 Å². The average Bonchev–Trinajstić information content (AvgIpc) is 1.97. The monoisotopic (exact) mass is 263 g/mol. The van der Waals surface area contributed by atoms with Crippen LogP contribution in [0, 0.1) is 15.7 Å². The Bertz CT molecular complexity index is 273. The second kappa shape index (κ2) is 3.38. The van der Waals surface area contributed by atoms with E-state index in [1.54, 1.807) is 6.20 Å². The quantitative estimate of drug-likeness (QED) is 0.431. The highest BCUT2D eigenvalue weighted by atomic mass is 127. The normalized spacial score (nSPS) is 10.1. The third-order valence-corrected chi connectivity index (χ3v) is 2.65. The Balaban J connectivity index is 3.21. The molecule has 60 valence electrons. The number of nitrogens with zero attached hydrogens (tertiary/aromatic N) is 1. The maximum absolute atomic E-state index is 11.1. The lowest BCUT2D eigenvalue weighted by Gasteiger charge is -2.03. The van der Waals surface area contributed by atoms with Gasteiger partial charge in [-0.1, -0.05) is 6.92 Å². The minimum Gasteiger partial charge on any atom is -0.619 e. The molecule has 0 atom stereocenters. The number of hydrogen-bond acceptors (Lipinski definition) is 1. The number of aromatic nitrogens is 1. The van der Waals surface area contributed by atoms with E-state index in [1.165, 1.54) is 3.57 Å². The van der Waals surface area contributed by atoms with E-state index in [9.17, 15) is 5.21 Å². The third kappa shape index (κ3) is 1.83. The van der Waals surface area contributed by atoms with Crippen molar-refractivity contribution in [2.24, 2.45) is 0 Å². The molecule has 1 rings (SSSR count). The van der Waals surface area contributed by atoms with E-state index < -0.39 is 0 Å². The summed E-state index contributed by atoms with van der Waals surface area (Å²) >= 11 is 2.25. The van der Waals surface area contributed by atoms with E-state index in [-0.39, 0.29) is 0 Å². The van der Waals surface area contributed by atoms with Crippen molar-refractivity contribution in [2.75, 3.05) is 0 Å². The van der Waals surface area contributed by atoms with E-state index in [2.05, 4.69) is 22.6 Å². The molecule has 1 heterocycles. The molecule has 0 aliphatic carbocycles. The highest BCUT2D eigenvalue weighted by Crippen LogP contribution is 2.10. The fourth-order valence-corrected chi connectivity index (χ4v) is 1.88. The second-order valence-corrected chi connectivity index (χ2v) is 3.63. The lowest BCUT2D eigenvalue weighted by molar-refractivity contribution is -0.612. The predicted octanol–water partition coefficient (Wildman–Crippen LogP) is 1.80. The van der Waals surface area contributed by atoms with Gasteiger partial charge < -0.3 is 5.21 Å². The van der Waals surface area contributed by atoms with E-state index >= 15 is 0 Å². The van der Waals surface area contributed by atoms with Crippen molar-refractivity contribution in [1.29, 1.82) is 0 Å². The molecule has 0 aromatic carbocycles. The standard InChI is InChI=1S/C8H10INO/c1-3-7-5-10(11)6(2)4-8(7)9/h4-5H,3H2,1-2H3. The van der Waals surface area contributed by atoms with Crippen LogP contribution >= 0.6 is 22.6 Å². The molecule has 0 unspecified atom stereocenters. The van der Waals surface area contributed by atoms with E-state index in [1.807, 2.05) is 19.9 Å². The Kier molecular flexibility index (Phi) is 2.70. The van der Waals surface area contributed by atoms with E-state index in [0.717, 1.165) is 22.4 Å². The van der Waals surface area contributed by atoms with Crippen molar-refractivity contribution in [3.8, 4) is 0 Å². The number of rotatable bonds is 1. The summed E-state index contributed by atoms with van der Waals surface area (Å²) in [7, 11) is 0. The third-order valence-electron chi connectivity index (χ3n) is 1.64. The Hall–Kier alpha value is -0.320. The largest absolute Gasteiger partial charge is 0.619 e. The van der Waals surface area contributed by atoms with Crippen molar-refractivity contribution >= 4 is 22.6 Å². The molecule has 2 nitrogen and oxygen atoms in total. The smallest absolute Gasteiger partial charge is 0.190 e. The minimum atomic E-state index is 0.756. The summed E-state index contributed by atoms with van der Waals surface area (Å²) in [6, 6.07) is 1.91. The lowest BCUT2D eigenvalue weighted by atomic mass is 10.2. The predicted molar refractivity (Wildman–Crippen MR) is 52.2 cm³/mol. The van der Waals surface area contributed by atoms with Crippen LogP contribution in [0.25, 0.3) is 0 Å². The van der Waals surface area contributed by atoms with Gasteiger partial charge in [0.05, 0.1) is 0 Å². The molecule has 0 amide bonds. The van der Waals surface area contributed by atoms with Crippen LogP contribution in [0.3, 0.4) is 0 Å². The highest BCUT2D eigenvalue weighted by Gasteiger charge is 2.04. The van der Waals surface area contributed by atoms with Crippen LogP contribution in [0.4, 0.5) is 0 Å². The van der Waals surface area contributed by atoms with Gasteiger partial charge in [-0.3, -0.25) is 0 Å². The summed E-state index contributed by atoms with van der Waals surface area (Å²) in [5, 5.41) is 11.1. The SMILES string of the molecule is CCc1c[n+]([O-])c(C)cc1I. The van der Waals surface area contributed by atoms with Crippen molar-refractivity contribution in [3.05, 3.63) is 32.3 Å². The van der Waals surface area contributed by atoms with Gasteiger partial charge in [-0.05, 0) is 29.0 Å². The van der Waals surface area contributed by atoms with Crippen LogP contribution in [0.15, 0.2) is 12.3 Å². The summed E-state index contributed by atoms with van der Waals surface area (Å²) in [4.78, 5) is 0. The highest BCUT2D eigenvalue weighted by molar-refractivity contribution is 14.1. The Morgan fingerprint density at radius 3 is 2.82 bits per heavy atom. The fraction of sp³-hybridized carbons (Fsp3) is 0.375. The molecule has 0 fully saturated rings. The first kappa shape index (κ1) is 8.77. The molecule has 0 aliphatic heterocycles. The van der Waals surface area contributed by atoms with E-state index in [4.69, 9.17) is 0 Å². The van der Waals surface area contributed by atoms with Crippen LogP contribution in [-0.2, 0) is 6.42 Å². The molecule has 1 aromatic heterocycles. The average molecular weight is 263 g/mol. The Morgan fingerprint density at radius 1 is 1.64 bits per heavy atom. The summed E-state index contributed by atoms with van der Waals surface area (Å²) in [6.07, 6.45) is 2.57. The maximum atomic E-state index is 11.1. The van der Waals surface area contributed by atoms with Gasteiger partial charge in [0.25, 0.3) is 0 Å².